The van der Waals surface area contributed by atoms with Crippen molar-refractivity contribution >= 4 is 5.91 Å². The van der Waals surface area contributed by atoms with Crippen molar-refractivity contribution in [3.63, 3.8) is 0 Å². The van der Waals surface area contributed by atoms with Crippen LogP contribution >= 0.6 is 0 Å². The van der Waals surface area contributed by atoms with E-state index in [1.54, 1.807) is 0 Å². The number of hydrogen-bond acceptors (Lipinski definition) is 4. The van der Waals surface area contributed by atoms with E-state index in [-0.39, 0.29) is 17.4 Å². The van der Waals surface area contributed by atoms with E-state index in [1.165, 1.54) is 4.68 Å². The maximum absolute atomic E-state index is 12.0. The summed E-state index contributed by atoms with van der Waals surface area (Å²) in [6.07, 6.45) is 8.60. The molecule has 0 aromatic carbocycles. The molecule has 6 nitrogen and oxygen atoms in total. The average molecular weight is 309 g/mol. The lowest BCUT2D eigenvalue weighted by Gasteiger charge is -2.03. The van der Waals surface area contributed by atoms with Crippen molar-refractivity contribution < 1.29 is 9.72 Å². The number of nitro groups is 1. The third-order valence-corrected chi connectivity index (χ3v) is 3.73. The second-order valence-corrected chi connectivity index (χ2v) is 5.87. The van der Waals surface area contributed by atoms with Crippen LogP contribution < -0.4 is 0 Å². The number of hydrogen-bond donors (Lipinski definition) is 0. The summed E-state index contributed by atoms with van der Waals surface area (Å²) in [4.78, 5) is 21.9. The average Bonchev–Trinajstić information content (AvgIpc) is 2.79. The van der Waals surface area contributed by atoms with Gasteiger partial charge in [0.15, 0.2) is 0 Å². The highest BCUT2D eigenvalue weighted by atomic mass is 16.6. The quantitative estimate of drug-likeness (QED) is 0.352. The predicted molar refractivity (Wildman–Crippen MR) is 85.7 cm³/mol. The minimum Gasteiger partial charge on any atom is -0.273 e. The Balaban J connectivity index is 1.98. The van der Waals surface area contributed by atoms with E-state index in [0.717, 1.165) is 56.3 Å². The zero-order valence-corrected chi connectivity index (χ0v) is 13.7. The maximum Gasteiger partial charge on any atom is 0.247 e. The van der Waals surface area contributed by atoms with Gasteiger partial charge < -0.3 is 0 Å². The molecule has 0 amide bonds. The fourth-order valence-electron chi connectivity index (χ4n) is 2.57. The number of carbonyl (C=O) groups is 1. The molecule has 0 radical (unpaired) electrons. The van der Waals surface area contributed by atoms with Crippen LogP contribution in [-0.2, 0) is 0 Å². The summed E-state index contributed by atoms with van der Waals surface area (Å²) in [7, 11) is 0. The summed E-state index contributed by atoms with van der Waals surface area (Å²) in [6, 6.07) is 1.91. The van der Waals surface area contributed by atoms with E-state index in [0.29, 0.717) is 12.8 Å². The second-order valence-electron chi connectivity index (χ2n) is 5.87. The fourth-order valence-corrected chi connectivity index (χ4v) is 2.57. The van der Waals surface area contributed by atoms with Crippen LogP contribution in [0.1, 0.15) is 74.0 Å². The van der Waals surface area contributed by atoms with Gasteiger partial charge in [0.05, 0.1) is 5.69 Å². The van der Waals surface area contributed by atoms with E-state index in [9.17, 15) is 14.9 Å². The Morgan fingerprint density at radius 1 is 1.09 bits per heavy atom. The van der Waals surface area contributed by atoms with Crippen molar-refractivity contribution in [2.45, 2.75) is 71.6 Å². The van der Waals surface area contributed by atoms with Gasteiger partial charge >= 0.3 is 0 Å². The molecule has 0 N–H and O–H groups in total. The van der Waals surface area contributed by atoms with Gasteiger partial charge in [-0.3, -0.25) is 14.9 Å². The van der Waals surface area contributed by atoms with E-state index in [2.05, 4.69) is 5.10 Å². The highest BCUT2D eigenvalue weighted by molar-refractivity contribution is 5.78. The first-order valence-electron chi connectivity index (χ1n) is 8.19. The number of rotatable bonds is 11. The van der Waals surface area contributed by atoms with Gasteiger partial charge in [-0.15, -0.1) is 0 Å². The van der Waals surface area contributed by atoms with Crippen LogP contribution in [0.2, 0.25) is 0 Å². The van der Waals surface area contributed by atoms with Crippen LogP contribution in [0.5, 0.6) is 0 Å². The van der Waals surface area contributed by atoms with E-state index < -0.39 is 0 Å². The Labute approximate surface area is 132 Å². The number of carbonyl (C=O) groups excluding carboxylic acids is 1. The molecule has 0 aliphatic carbocycles. The molecular weight excluding hydrogens is 282 g/mol. The summed E-state index contributed by atoms with van der Waals surface area (Å²) < 4.78 is 1.50. The molecule has 0 saturated heterocycles. The molecule has 124 valence electrons. The molecule has 0 saturated carbocycles. The lowest BCUT2D eigenvalue weighted by molar-refractivity contribution is -0.480. The van der Waals surface area contributed by atoms with Gasteiger partial charge in [0.2, 0.25) is 12.5 Å². The second kappa shape index (κ2) is 10.1. The molecule has 0 fully saturated rings. The van der Waals surface area contributed by atoms with E-state index >= 15 is 0 Å². The van der Waals surface area contributed by atoms with Crippen LogP contribution in [0.3, 0.4) is 0 Å². The zero-order chi connectivity index (χ0) is 16.4. The van der Waals surface area contributed by atoms with Gasteiger partial charge in [0, 0.05) is 23.5 Å². The van der Waals surface area contributed by atoms with Crippen molar-refractivity contribution in [1.29, 1.82) is 0 Å². The van der Waals surface area contributed by atoms with E-state index in [1.807, 2.05) is 19.9 Å². The number of aromatic nitrogens is 2. The fraction of sp³-hybridized carbons (Fsp3) is 0.750. The van der Waals surface area contributed by atoms with Gasteiger partial charge in [0.25, 0.3) is 0 Å². The van der Waals surface area contributed by atoms with Gasteiger partial charge in [-0.2, -0.15) is 5.10 Å². The SMILES string of the molecule is Cc1cc(C)n(C(=O)CCCCCCCCCC[N+](=O)[O-])n1. The Morgan fingerprint density at radius 3 is 2.14 bits per heavy atom. The molecule has 1 aromatic rings. The van der Waals surface area contributed by atoms with Crippen LogP contribution in [-0.4, -0.2) is 27.2 Å². The molecule has 0 aliphatic rings. The molecule has 6 heteroatoms. The van der Waals surface area contributed by atoms with Crippen molar-refractivity contribution in [3.05, 3.63) is 27.6 Å². The Hall–Kier alpha value is -1.72. The number of unbranched alkanes of at least 4 members (excludes halogenated alkanes) is 7. The molecule has 22 heavy (non-hydrogen) atoms. The minimum absolute atomic E-state index is 0.0744. The molecule has 0 unspecified atom stereocenters. The topological polar surface area (TPSA) is 78.0 Å². The Morgan fingerprint density at radius 2 is 1.64 bits per heavy atom. The van der Waals surface area contributed by atoms with Gasteiger partial charge in [-0.05, 0) is 32.8 Å². The largest absolute Gasteiger partial charge is 0.273 e. The first kappa shape index (κ1) is 18.3. The lowest BCUT2D eigenvalue weighted by atomic mass is 10.1. The normalized spacial score (nSPS) is 10.8. The van der Waals surface area contributed by atoms with E-state index in [4.69, 9.17) is 0 Å². The smallest absolute Gasteiger partial charge is 0.247 e. The van der Waals surface area contributed by atoms with Crippen molar-refractivity contribution in [1.82, 2.24) is 9.78 Å². The van der Waals surface area contributed by atoms with Crippen LogP contribution in [0.4, 0.5) is 0 Å². The third-order valence-electron chi connectivity index (χ3n) is 3.73. The first-order chi connectivity index (χ1) is 10.5. The Bertz CT molecular complexity index is 483. The van der Waals surface area contributed by atoms with Crippen molar-refractivity contribution in [2.24, 2.45) is 0 Å². The predicted octanol–water partition coefficient (Wildman–Crippen LogP) is 3.93. The molecule has 0 spiro atoms. The maximum atomic E-state index is 12.0. The molecule has 1 aromatic heterocycles. The van der Waals surface area contributed by atoms with Crippen molar-refractivity contribution in [2.75, 3.05) is 6.54 Å². The van der Waals surface area contributed by atoms with Gasteiger partial charge in [-0.1, -0.05) is 32.1 Å². The standard InChI is InChI=1S/C16H27N3O3/c1-14-13-15(2)19(17-14)16(20)11-9-7-5-3-4-6-8-10-12-18(21)22/h13H,3-12H2,1-2H3. The lowest BCUT2D eigenvalue weighted by Crippen LogP contribution is -2.13. The first-order valence-corrected chi connectivity index (χ1v) is 8.19. The summed E-state index contributed by atoms with van der Waals surface area (Å²) >= 11 is 0. The van der Waals surface area contributed by atoms with Gasteiger partial charge in [-0.25, -0.2) is 4.68 Å². The zero-order valence-electron chi connectivity index (χ0n) is 13.7. The highest BCUT2D eigenvalue weighted by Gasteiger charge is 2.09. The third kappa shape index (κ3) is 7.33. The molecule has 0 bridgehead atoms. The van der Waals surface area contributed by atoms with Crippen LogP contribution in [0.25, 0.3) is 0 Å². The minimum atomic E-state index is -0.250. The summed E-state index contributed by atoms with van der Waals surface area (Å²) in [5.41, 5.74) is 1.78. The van der Waals surface area contributed by atoms with Crippen LogP contribution in [0, 0.1) is 24.0 Å². The van der Waals surface area contributed by atoms with Gasteiger partial charge in [0.1, 0.15) is 0 Å². The Kier molecular flexibility index (Phi) is 8.40. The number of aryl methyl sites for hydroxylation is 2. The molecule has 0 atom stereocenters. The van der Waals surface area contributed by atoms with Crippen LogP contribution in [0.15, 0.2) is 6.07 Å². The highest BCUT2D eigenvalue weighted by Crippen LogP contribution is 2.11. The molecule has 1 rings (SSSR count). The molecular formula is C16H27N3O3. The molecule has 0 aliphatic heterocycles. The number of nitrogens with zero attached hydrogens (tertiary/aromatic N) is 3. The summed E-state index contributed by atoms with van der Waals surface area (Å²) in [5, 5.41) is 14.4. The van der Waals surface area contributed by atoms with Crippen molar-refractivity contribution in [3.8, 4) is 0 Å². The molecule has 1 heterocycles. The monoisotopic (exact) mass is 309 g/mol. The summed E-state index contributed by atoms with van der Waals surface area (Å²) in [5.74, 6) is 0.0744. The summed E-state index contributed by atoms with van der Waals surface area (Å²) in [6.45, 7) is 3.88.